The van der Waals surface area contributed by atoms with E-state index in [0.717, 1.165) is 17.5 Å². The third kappa shape index (κ3) is 4.42. The summed E-state index contributed by atoms with van der Waals surface area (Å²) < 4.78 is 0. The van der Waals surface area contributed by atoms with Crippen molar-refractivity contribution in [3.8, 4) is 0 Å². The highest BCUT2D eigenvalue weighted by Crippen LogP contribution is 2.25. The van der Waals surface area contributed by atoms with Crippen LogP contribution < -0.4 is 5.32 Å². The topological polar surface area (TPSA) is 69.6 Å². The third-order valence-corrected chi connectivity index (χ3v) is 4.85. The second kappa shape index (κ2) is 8.34. The molecule has 0 radical (unpaired) electrons. The van der Waals surface area contributed by atoms with Crippen LogP contribution in [0.1, 0.15) is 30.0 Å². The van der Waals surface area contributed by atoms with E-state index in [1.54, 1.807) is 11.0 Å². The maximum Gasteiger partial charge on any atom is 0.320 e. The third-order valence-electron chi connectivity index (χ3n) is 4.62. The van der Waals surface area contributed by atoms with Gasteiger partial charge in [0, 0.05) is 5.02 Å². The Labute approximate surface area is 157 Å². The average molecular weight is 373 g/mol. The smallest absolute Gasteiger partial charge is 0.320 e. The first-order chi connectivity index (χ1) is 12.5. The molecule has 6 heteroatoms. The SMILES string of the molecule is O=C(CN1CCC[C@@H]1C(=O)O)NC(c1ccccc1)c1cccc(Cl)c1. The van der Waals surface area contributed by atoms with Crippen molar-refractivity contribution in [2.75, 3.05) is 13.1 Å². The Hall–Kier alpha value is -2.37. The van der Waals surface area contributed by atoms with Gasteiger partial charge in [-0.25, -0.2) is 0 Å². The maximum absolute atomic E-state index is 12.6. The van der Waals surface area contributed by atoms with Crippen LogP contribution in [0, 0.1) is 0 Å². The Morgan fingerprint density at radius 3 is 2.58 bits per heavy atom. The molecule has 3 rings (SSSR count). The highest BCUT2D eigenvalue weighted by molar-refractivity contribution is 6.30. The normalized spacial score (nSPS) is 18.4. The first kappa shape index (κ1) is 18.4. The predicted octanol–water partition coefficient (Wildman–Crippen LogP) is 3.09. The van der Waals surface area contributed by atoms with Crippen LogP contribution in [0.15, 0.2) is 54.6 Å². The van der Waals surface area contributed by atoms with Crippen LogP contribution in [-0.4, -0.2) is 41.0 Å². The summed E-state index contributed by atoms with van der Waals surface area (Å²) >= 11 is 6.12. The monoisotopic (exact) mass is 372 g/mol. The fourth-order valence-electron chi connectivity index (χ4n) is 3.38. The van der Waals surface area contributed by atoms with Crippen LogP contribution in [0.5, 0.6) is 0 Å². The largest absolute Gasteiger partial charge is 0.480 e. The molecule has 136 valence electrons. The molecular weight excluding hydrogens is 352 g/mol. The molecule has 0 aliphatic carbocycles. The van der Waals surface area contributed by atoms with Crippen molar-refractivity contribution in [1.82, 2.24) is 10.2 Å². The number of carbonyl (C=O) groups excluding carboxylic acids is 1. The maximum atomic E-state index is 12.6. The Kier molecular flexibility index (Phi) is 5.91. The van der Waals surface area contributed by atoms with Gasteiger partial charge in [0.25, 0.3) is 0 Å². The van der Waals surface area contributed by atoms with Crippen molar-refractivity contribution in [1.29, 1.82) is 0 Å². The molecule has 1 unspecified atom stereocenters. The number of aliphatic carboxylic acids is 1. The van der Waals surface area contributed by atoms with Crippen LogP contribution in [0.2, 0.25) is 5.02 Å². The van der Waals surface area contributed by atoms with Crippen LogP contribution >= 0.6 is 11.6 Å². The van der Waals surface area contributed by atoms with Gasteiger partial charge in [0.2, 0.25) is 5.91 Å². The summed E-state index contributed by atoms with van der Waals surface area (Å²) in [5.74, 6) is -1.07. The van der Waals surface area contributed by atoms with Gasteiger partial charge in [0.05, 0.1) is 12.6 Å². The zero-order valence-electron chi connectivity index (χ0n) is 14.3. The van der Waals surface area contributed by atoms with Gasteiger partial charge in [-0.2, -0.15) is 0 Å². The van der Waals surface area contributed by atoms with Crippen molar-refractivity contribution < 1.29 is 14.7 Å². The molecule has 1 saturated heterocycles. The van der Waals surface area contributed by atoms with E-state index < -0.39 is 12.0 Å². The van der Waals surface area contributed by atoms with Crippen molar-refractivity contribution in [2.45, 2.75) is 24.9 Å². The summed E-state index contributed by atoms with van der Waals surface area (Å²) in [5.41, 5.74) is 1.83. The van der Waals surface area contributed by atoms with E-state index in [1.807, 2.05) is 48.5 Å². The molecule has 1 aliphatic heterocycles. The number of hydrogen-bond donors (Lipinski definition) is 2. The predicted molar refractivity (Wildman–Crippen MR) is 100 cm³/mol. The standard InChI is InChI=1S/C20H21ClN2O3/c21-16-9-4-8-15(12-16)19(14-6-2-1-3-7-14)22-18(24)13-23-11-5-10-17(23)20(25)26/h1-4,6-9,12,17,19H,5,10-11,13H2,(H,22,24)(H,25,26)/t17-,19?/m1/s1. The summed E-state index contributed by atoms with van der Waals surface area (Å²) in [5, 5.41) is 12.9. The molecule has 0 aromatic heterocycles. The van der Waals surface area contributed by atoms with Crippen LogP contribution in [0.25, 0.3) is 0 Å². The lowest BCUT2D eigenvalue weighted by molar-refractivity contribution is -0.142. The first-order valence-electron chi connectivity index (χ1n) is 8.61. The quantitative estimate of drug-likeness (QED) is 0.817. The van der Waals surface area contributed by atoms with Gasteiger partial charge < -0.3 is 10.4 Å². The van der Waals surface area contributed by atoms with E-state index in [0.29, 0.717) is 18.0 Å². The van der Waals surface area contributed by atoms with Crippen molar-refractivity contribution in [2.24, 2.45) is 0 Å². The number of benzene rings is 2. The van der Waals surface area contributed by atoms with Gasteiger partial charge in [-0.05, 0) is 42.6 Å². The molecule has 1 amide bonds. The molecular formula is C20H21ClN2O3. The number of halogens is 1. The Morgan fingerprint density at radius 1 is 1.15 bits per heavy atom. The molecule has 2 aromatic rings. The number of carboxylic acid groups (broad SMARTS) is 1. The number of amides is 1. The molecule has 0 bridgehead atoms. The van der Waals surface area contributed by atoms with Gasteiger partial charge in [0.1, 0.15) is 6.04 Å². The Balaban J connectivity index is 1.78. The van der Waals surface area contributed by atoms with Crippen LogP contribution in [0.3, 0.4) is 0 Å². The van der Waals surface area contributed by atoms with E-state index in [1.165, 1.54) is 0 Å². The van der Waals surface area contributed by atoms with Gasteiger partial charge >= 0.3 is 5.97 Å². The number of nitrogens with one attached hydrogen (secondary N) is 1. The zero-order chi connectivity index (χ0) is 18.5. The summed E-state index contributed by atoms with van der Waals surface area (Å²) in [6.45, 7) is 0.693. The van der Waals surface area contributed by atoms with Crippen LogP contribution in [-0.2, 0) is 9.59 Å². The van der Waals surface area contributed by atoms with E-state index in [9.17, 15) is 14.7 Å². The number of nitrogens with zero attached hydrogens (tertiary/aromatic N) is 1. The number of hydrogen-bond acceptors (Lipinski definition) is 3. The van der Waals surface area contributed by atoms with E-state index in [2.05, 4.69) is 5.32 Å². The lowest BCUT2D eigenvalue weighted by Gasteiger charge is -2.24. The van der Waals surface area contributed by atoms with Gasteiger partial charge in [0.15, 0.2) is 0 Å². The Morgan fingerprint density at radius 2 is 1.88 bits per heavy atom. The number of carbonyl (C=O) groups is 2. The van der Waals surface area contributed by atoms with E-state index >= 15 is 0 Å². The molecule has 2 atom stereocenters. The fraction of sp³-hybridized carbons (Fsp3) is 0.300. The van der Waals surface area contributed by atoms with Crippen molar-refractivity contribution in [3.05, 3.63) is 70.7 Å². The zero-order valence-corrected chi connectivity index (χ0v) is 15.0. The van der Waals surface area contributed by atoms with Crippen molar-refractivity contribution >= 4 is 23.5 Å². The molecule has 2 N–H and O–H groups in total. The Bertz CT molecular complexity index is 782. The second-order valence-electron chi connectivity index (χ2n) is 6.43. The van der Waals surface area contributed by atoms with Crippen LogP contribution in [0.4, 0.5) is 0 Å². The lowest BCUT2D eigenvalue weighted by atomic mass is 9.98. The first-order valence-corrected chi connectivity index (χ1v) is 8.99. The molecule has 26 heavy (non-hydrogen) atoms. The van der Waals surface area contributed by atoms with Crippen molar-refractivity contribution in [3.63, 3.8) is 0 Å². The molecule has 2 aromatic carbocycles. The molecule has 1 aliphatic rings. The molecule has 0 spiro atoms. The van der Waals surface area contributed by atoms with E-state index in [-0.39, 0.29) is 18.5 Å². The van der Waals surface area contributed by atoms with Gasteiger partial charge in [-0.1, -0.05) is 54.1 Å². The second-order valence-corrected chi connectivity index (χ2v) is 6.87. The van der Waals surface area contributed by atoms with E-state index in [4.69, 9.17) is 11.6 Å². The lowest BCUT2D eigenvalue weighted by Crippen LogP contribution is -2.43. The molecule has 1 heterocycles. The van der Waals surface area contributed by atoms with Gasteiger partial charge in [-0.3, -0.25) is 14.5 Å². The molecule has 0 saturated carbocycles. The number of rotatable bonds is 6. The highest BCUT2D eigenvalue weighted by atomic mass is 35.5. The molecule has 5 nitrogen and oxygen atoms in total. The number of likely N-dealkylation sites (tertiary alicyclic amines) is 1. The molecule has 1 fully saturated rings. The van der Waals surface area contributed by atoms with Gasteiger partial charge in [-0.15, -0.1) is 0 Å². The summed E-state index contributed by atoms with van der Waals surface area (Å²) in [6.07, 6.45) is 1.37. The fourth-order valence-corrected chi connectivity index (χ4v) is 3.58. The summed E-state index contributed by atoms with van der Waals surface area (Å²) in [4.78, 5) is 25.7. The number of carboxylic acids is 1. The minimum absolute atomic E-state index is 0.0703. The summed E-state index contributed by atoms with van der Waals surface area (Å²) in [7, 11) is 0. The summed E-state index contributed by atoms with van der Waals surface area (Å²) in [6, 6.07) is 16.1. The minimum atomic E-state index is -0.871. The minimum Gasteiger partial charge on any atom is -0.480 e. The average Bonchev–Trinajstić information content (AvgIpc) is 3.09. The highest BCUT2D eigenvalue weighted by Gasteiger charge is 2.32.